The van der Waals surface area contributed by atoms with Crippen molar-refractivity contribution in [1.29, 1.82) is 0 Å². The van der Waals surface area contributed by atoms with E-state index >= 15 is 0 Å². The van der Waals surface area contributed by atoms with Crippen LogP contribution in [0.2, 0.25) is 0 Å². The molecule has 26 heavy (non-hydrogen) atoms. The lowest BCUT2D eigenvalue weighted by molar-refractivity contribution is 0.198. The van der Waals surface area contributed by atoms with Crippen LogP contribution in [0, 0.1) is 6.92 Å². The van der Waals surface area contributed by atoms with Crippen molar-refractivity contribution in [3.8, 4) is 0 Å². The minimum Gasteiger partial charge on any atom is -0.391 e. The summed E-state index contributed by atoms with van der Waals surface area (Å²) in [6.07, 6.45) is 0.367. The number of aryl methyl sites for hydroxylation is 1. The van der Waals surface area contributed by atoms with Crippen LogP contribution in [0.4, 0.5) is 5.82 Å². The molecule has 0 bridgehead atoms. The average molecular weight is 358 g/mol. The molecule has 4 heterocycles. The summed E-state index contributed by atoms with van der Waals surface area (Å²) in [6, 6.07) is 0. The van der Waals surface area contributed by atoms with Crippen molar-refractivity contribution >= 4 is 17.0 Å². The first-order valence-electron chi connectivity index (χ1n) is 8.65. The largest absolute Gasteiger partial charge is 0.391 e. The number of rotatable bonds is 3. The Hall–Kier alpha value is -2.62. The van der Waals surface area contributed by atoms with Crippen molar-refractivity contribution in [3.05, 3.63) is 17.2 Å². The van der Waals surface area contributed by atoms with Crippen LogP contribution in [0.5, 0.6) is 0 Å². The number of aliphatic hydroxyl groups excluding tert-OH is 1. The highest BCUT2D eigenvalue weighted by atomic mass is 16.6. The third-order valence-electron chi connectivity index (χ3n) is 4.44. The Kier molecular flexibility index (Phi) is 3.87. The molecule has 1 fully saturated rings. The van der Waals surface area contributed by atoms with E-state index in [1.165, 1.54) is 4.80 Å². The standard InChI is InChI=1S/C16H22N8O2/c1-9-11(22-26-21-9)8-24-19-12-13(20-24)17-15(16(2,3)4)18-14(12)23-6-5-10(25)7-23/h10,25H,5-8H2,1-4H3/t10-/m0/s1. The topological polar surface area (TPSA) is 119 Å². The van der Waals surface area contributed by atoms with Gasteiger partial charge in [-0.05, 0) is 13.3 Å². The minimum absolute atomic E-state index is 0.225. The van der Waals surface area contributed by atoms with E-state index in [0.717, 1.165) is 12.4 Å². The van der Waals surface area contributed by atoms with E-state index in [4.69, 9.17) is 9.61 Å². The van der Waals surface area contributed by atoms with Crippen molar-refractivity contribution in [1.82, 2.24) is 35.3 Å². The molecule has 0 saturated carbocycles. The van der Waals surface area contributed by atoms with Gasteiger partial charge in [-0.15, -0.1) is 10.2 Å². The molecule has 1 atom stereocenters. The highest BCUT2D eigenvalue weighted by Gasteiger charge is 2.28. The van der Waals surface area contributed by atoms with Gasteiger partial charge in [0.2, 0.25) is 5.65 Å². The van der Waals surface area contributed by atoms with Crippen LogP contribution in [0.15, 0.2) is 4.63 Å². The number of anilines is 1. The highest BCUT2D eigenvalue weighted by Crippen LogP contribution is 2.28. The lowest BCUT2D eigenvalue weighted by Crippen LogP contribution is -2.25. The zero-order valence-electron chi connectivity index (χ0n) is 15.3. The van der Waals surface area contributed by atoms with Gasteiger partial charge in [0.05, 0.1) is 6.10 Å². The molecule has 3 aromatic rings. The Morgan fingerprint density at radius 3 is 2.62 bits per heavy atom. The molecule has 0 aliphatic carbocycles. The Morgan fingerprint density at radius 2 is 2.00 bits per heavy atom. The Balaban J connectivity index is 1.80. The van der Waals surface area contributed by atoms with Crippen LogP contribution < -0.4 is 4.90 Å². The SMILES string of the molecule is Cc1nonc1Cn1nc2nc(C(C)(C)C)nc(N3CC[C@H](O)C3)c2n1. The zero-order chi connectivity index (χ0) is 18.5. The molecule has 10 nitrogen and oxygen atoms in total. The number of β-amino-alcohol motifs (C(OH)–C–C–N with tert-alkyl or cyclic N) is 1. The normalized spacial score (nSPS) is 18.2. The van der Waals surface area contributed by atoms with Crippen molar-refractivity contribution in [2.75, 3.05) is 18.0 Å². The fourth-order valence-electron chi connectivity index (χ4n) is 2.93. The van der Waals surface area contributed by atoms with Gasteiger partial charge in [-0.2, -0.15) is 4.80 Å². The Labute approximate surface area is 150 Å². The van der Waals surface area contributed by atoms with Crippen molar-refractivity contribution in [2.24, 2.45) is 0 Å². The van der Waals surface area contributed by atoms with Gasteiger partial charge in [-0.3, -0.25) is 0 Å². The zero-order valence-corrected chi connectivity index (χ0v) is 15.3. The van der Waals surface area contributed by atoms with Crippen LogP contribution in [0.1, 0.15) is 44.4 Å². The van der Waals surface area contributed by atoms with Gasteiger partial charge in [0.1, 0.15) is 23.8 Å². The molecule has 1 saturated heterocycles. The maximum absolute atomic E-state index is 9.92. The monoisotopic (exact) mass is 358 g/mol. The molecular weight excluding hydrogens is 336 g/mol. The van der Waals surface area contributed by atoms with Gasteiger partial charge < -0.3 is 10.0 Å². The Morgan fingerprint density at radius 1 is 1.19 bits per heavy atom. The van der Waals surface area contributed by atoms with E-state index in [-0.39, 0.29) is 11.5 Å². The number of fused-ring (bicyclic) bond motifs is 1. The van der Waals surface area contributed by atoms with Gasteiger partial charge in [-0.25, -0.2) is 14.6 Å². The molecule has 138 valence electrons. The van der Waals surface area contributed by atoms with Crippen LogP contribution >= 0.6 is 0 Å². The smallest absolute Gasteiger partial charge is 0.207 e. The average Bonchev–Trinajstić information content (AvgIpc) is 3.26. The summed E-state index contributed by atoms with van der Waals surface area (Å²) in [5.41, 5.74) is 2.32. The van der Waals surface area contributed by atoms with Gasteiger partial charge in [-0.1, -0.05) is 31.1 Å². The van der Waals surface area contributed by atoms with Crippen molar-refractivity contribution in [3.63, 3.8) is 0 Å². The Bertz CT molecular complexity index is 942. The van der Waals surface area contributed by atoms with E-state index in [1.807, 2.05) is 11.8 Å². The third kappa shape index (κ3) is 3.00. The molecule has 1 aliphatic rings. The molecule has 0 radical (unpaired) electrons. The van der Waals surface area contributed by atoms with Crippen LogP contribution in [0.25, 0.3) is 11.2 Å². The molecular formula is C16H22N8O2. The van der Waals surface area contributed by atoms with E-state index < -0.39 is 0 Å². The van der Waals surface area contributed by atoms with Crippen LogP contribution in [0.3, 0.4) is 0 Å². The fraction of sp³-hybridized carbons (Fsp3) is 0.625. The molecule has 1 N–H and O–H groups in total. The summed E-state index contributed by atoms with van der Waals surface area (Å²) in [7, 11) is 0. The molecule has 0 amide bonds. The quantitative estimate of drug-likeness (QED) is 0.726. The van der Waals surface area contributed by atoms with Gasteiger partial charge in [0.15, 0.2) is 11.3 Å². The van der Waals surface area contributed by atoms with Gasteiger partial charge in [0.25, 0.3) is 0 Å². The second-order valence-electron chi connectivity index (χ2n) is 7.71. The summed E-state index contributed by atoms with van der Waals surface area (Å²) in [6.45, 7) is 9.62. The van der Waals surface area contributed by atoms with E-state index in [1.54, 1.807) is 0 Å². The molecule has 10 heteroatoms. The fourth-order valence-corrected chi connectivity index (χ4v) is 2.93. The van der Waals surface area contributed by atoms with Crippen LogP contribution in [-0.2, 0) is 12.0 Å². The number of hydrogen-bond donors (Lipinski definition) is 1. The summed E-state index contributed by atoms with van der Waals surface area (Å²) < 4.78 is 4.74. The lowest BCUT2D eigenvalue weighted by Gasteiger charge is -2.21. The van der Waals surface area contributed by atoms with E-state index in [9.17, 15) is 5.11 Å². The first-order chi connectivity index (χ1) is 12.3. The number of aromatic nitrogens is 7. The summed E-state index contributed by atoms with van der Waals surface area (Å²) in [5, 5.41) is 26.7. The van der Waals surface area contributed by atoms with Crippen LogP contribution in [-0.4, -0.2) is 59.6 Å². The predicted octanol–water partition coefficient (Wildman–Crippen LogP) is 0.830. The molecule has 0 unspecified atom stereocenters. The summed E-state index contributed by atoms with van der Waals surface area (Å²) >= 11 is 0. The second kappa shape index (κ2) is 5.97. The van der Waals surface area contributed by atoms with Gasteiger partial charge in [0, 0.05) is 18.5 Å². The summed E-state index contributed by atoms with van der Waals surface area (Å²) in [5.74, 6) is 1.42. The van der Waals surface area contributed by atoms with Crippen molar-refractivity contribution < 1.29 is 9.74 Å². The maximum atomic E-state index is 9.92. The van der Waals surface area contributed by atoms with E-state index in [2.05, 4.69) is 46.3 Å². The maximum Gasteiger partial charge on any atom is 0.207 e. The summed E-state index contributed by atoms with van der Waals surface area (Å²) in [4.78, 5) is 13.0. The predicted molar refractivity (Wildman–Crippen MR) is 92.8 cm³/mol. The molecule has 0 spiro atoms. The van der Waals surface area contributed by atoms with Crippen molar-refractivity contribution in [2.45, 2.75) is 52.2 Å². The third-order valence-corrected chi connectivity index (χ3v) is 4.44. The molecule has 4 rings (SSSR count). The molecule has 3 aromatic heterocycles. The molecule has 1 aliphatic heterocycles. The minimum atomic E-state index is -0.350. The van der Waals surface area contributed by atoms with Gasteiger partial charge >= 0.3 is 0 Å². The molecule has 0 aromatic carbocycles. The first-order valence-corrected chi connectivity index (χ1v) is 8.65. The number of aliphatic hydroxyl groups is 1. The number of hydrogen-bond acceptors (Lipinski definition) is 9. The lowest BCUT2D eigenvalue weighted by atomic mass is 9.96. The first kappa shape index (κ1) is 16.8. The number of nitrogens with zero attached hydrogens (tertiary/aromatic N) is 8. The van der Waals surface area contributed by atoms with E-state index in [0.29, 0.717) is 47.9 Å². The second-order valence-corrected chi connectivity index (χ2v) is 7.71. The highest BCUT2D eigenvalue weighted by molar-refractivity contribution is 5.82.